The zero-order valence-electron chi connectivity index (χ0n) is 20.5. The minimum Gasteiger partial charge on any atom is -0.372 e. The Bertz CT molecular complexity index is 1020. The first-order chi connectivity index (χ1) is 16.1. The molecule has 2 aromatic rings. The van der Waals surface area contributed by atoms with Crippen molar-refractivity contribution in [1.29, 1.82) is 0 Å². The topological polar surface area (TPSA) is 48.1 Å². The number of hydrogen-bond acceptors (Lipinski definition) is 2. The van der Waals surface area contributed by atoms with Gasteiger partial charge in [-0.3, -0.25) is 4.49 Å². The van der Waals surface area contributed by atoms with Crippen LogP contribution in [0.25, 0.3) is 17.7 Å². The van der Waals surface area contributed by atoms with Gasteiger partial charge < -0.3 is 15.6 Å². The van der Waals surface area contributed by atoms with E-state index < -0.39 is 0 Å². The largest absolute Gasteiger partial charge is 0.586 e. The molecule has 172 valence electrons. The Balaban J connectivity index is 1.76. The van der Waals surface area contributed by atoms with Gasteiger partial charge in [0, 0.05) is 42.2 Å². The molecule has 0 bridgehead atoms. The maximum Gasteiger partial charge on any atom is 0.586 e. The van der Waals surface area contributed by atoms with E-state index in [-0.39, 0.29) is 0 Å². The van der Waals surface area contributed by atoms with E-state index in [0.717, 1.165) is 42.2 Å². The summed E-state index contributed by atoms with van der Waals surface area (Å²) in [5.41, 5.74) is 13.9. The molecule has 0 saturated carbocycles. The van der Waals surface area contributed by atoms with Crippen LogP contribution in [-0.4, -0.2) is 43.3 Å². The van der Waals surface area contributed by atoms with Gasteiger partial charge in [-0.1, -0.05) is 44.9 Å². The summed E-state index contributed by atoms with van der Waals surface area (Å²) in [7, 11) is 6.11. The van der Waals surface area contributed by atoms with E-state index in [1.54, 1.807) is 4.49 Å². The summed E-state index contributed by atoms with van der Waals surface area (Å²) in [5.74, 6) is 0. The molecule has 0 unspecified atom stereocenters. The van der Waals surface area contributed by atoms with Gasteiger partial charge >= 0.3 is 7.98 Å². The van der Waals surface area contributed by atoms with Gasteiger partial charge in [0.2, 0.25) is 0 Å². The zero-order chi connectivity index (χ0) is 23.6. The van der Waals surface area contributed by atoms with Crippen LogP contribution < -0.4 is 10.6 Å². The van der Waals surface area contributed by atoms with E-state index in [4.69, 9.17) is 13.7 Å². The Morgan fingerprint density at radius 3 is 2.36 bits per heavy atom. The Labute approximate surface area is 201 Å². The standard InChI is InChI=1S/C28H38BN4/c1-4-6-18-32(19-7-5-2)25-14-11-23(12-15-25)10-13-24-21-22(3)28(31-24)26(16-17-30)27-9-8-20-33(27)29/h8-15,20-21,31H,4-7,16-19,30H2,1-3H3/q+1. The number of benzene rings is 1. The first kappa shape index (κ1) is 24.8. The second kappa shape index (κ2) is 12.5. The number of nitrogens with two attached hydrogens (primary N) is 1. The maximum atomic E-state index is 6.11. The molecule has 33 heavy (non-hydrogen) atoms. The molecule has 0 atom stereocenters. The highest BCUT2D eigenvalue weighted by Gasteiger charge is 2.20. The van der Waals surface area contributed by atoms with Crippen LogP contribution in [0.5, 0.6) is 0 Å². The lowest BCUT2D eigenvalue weighted by molar-refractivity contribution is -0.294. The number of H-pyrrole nitrogens is 1. The fourth-order valence-corrected chi connectivity index (χ4v) is 4.21. The smallest absolute Gasteiger partial charge is 0.372 e. The molecular weight excluding hydrogens is 403 g/mol. The van der Waals surface area contributed by atoms with Gasteiger partial charge in [0.1, 0.15) is 6.21 Å². The van der Waals surface area contributed by atoms with E-state index in [1.807, 2.05) is 18.4 Å². The van der Waals surface area contributed by atoms with Gasteiger partial charge in [-0.25, -0.2) is 0 Å². The monoisotopic (exact) mass is 441 g/mol. The molecule has 4 nitrogen and oxygen atoms in total. The Kier molecular flexibility index (Phi) is 9.38. The van der Waals surface area contributed by atoms with Crippen molar-refractivity contribution >= 4 is 37.6 Å². The third-order valence-corrected chi connectivity index (χ3v) is 6.10. The number of rotatable bonds is 12. The molecule has 0 spiro atoms. The van der Waals surface area contributed by atoms with Gasteiger partial charge in [0.25, 0.3) is 0 Å². The average molecular weight is 441 g/mol. The predicted molar refractivity (Wildman–Crippen MR) is 145 cm³/mol. The molecule has 1 aliphatic rings. The van der Waals surface area contributed by atoms with Crippen LogP contribution in [-0.2, 0) is 0 Å². The van der Waals surface area contributed by atoms with Crippen molar-refractivity contribution in [3.63, 3.8) is 0 Å². The van der Waals surface area contributed by atoms with Crippen molar-refractivity contribution in [2.45, 2.75) is 52.9 Å². The Morgan fingerprint density at radius 2 is 1.79 bits per heavy atom. The van der Waals surface area contributed by atoms with Crippen LogP contribution in [0.4, 0.5) is 5.69 Å². The predicted octanol–water partition coefficient (Wildman–Crippen LogP) is 5.70. The molecule has 1 aliphatic heterocycles. The third kappa shape index (κ3) is 6.61. The number of anilines is 1. The highest BCUT2D eigenvalue weighted by molar-refractivity contribution is 6.01. The number of aromatic nitrogens is 1. The average Bonchev–Trinajstić information content (AvgIpc) is 3.41. The van der Waals surface area contributed by atoms with Gasteiger partial charge in [0.05, 0.1) is 5.69 Å². The molecule has 2 heterocycles. The Morgan fingerprint density at radius 1 is 1.09 bits per heavy atom. The van der Waals surface area contributed by atoms with Gasteiger partial charge in [-0.15, -0.1) is 0 Å². The SMILES string of the molecule is [B][N+]1=CC=CC1=C(CCN)c1[nH]c(/C=C/c2ccc(N(CCCC)CCCC)cc2)cc1C. The number of nitrogens with zero attached hydrogens (tertiary/aromatic N) is 2. The lowest BCUT2D eigenvalue weighted by Crippen LogP contribution is -2.25. The van der Waals surface area contributed by atoms with Crippen molar-refractivity contribution in [2.24, 2.45) is 5.73 Å². The first-order valence-corrected chi connectivity index (χ1v) is 12.3. The third-order valence-electron chi connectivity index (χ3n) is 6.10. The van der Waals surface area contributed by atoms with Crippen molar-refractivity contribution < 1.29 is 4.49 Å². The molecule has 0 aliphatic carbocycles. The van der Waals surface area contributed by atoms with Crippen LogP contribution in [0.1, 0.15) is 68.5 Å². The second-order valence-electron chi connectivity index (χ2n) is 8.72. The summed E-state index contributed by atoms with van der Waals surface area (Å²) >= 11 is 0. The molecule has 0 amide bonds. The van der Waals surface area contributed by atoms with Crippen LogP contribution in [0.3, 0.4) is 0 Å². The zero-order valence-corrected chi connectivity index (χ0v) is 20.5. The number of nitrogens with one attached hydrogen (secondary N) is 1. The summed E-state index contributed by atoms with van der Waals surface area (Å²) < 4.78 is 1.66. The van der Waals surface area contributed by atoms with Crippen molar-refractivity contribution in [1.82, 2.24) is 4.98 Å². The number of allylic oxidation sites excluding steroid dienone is 2. The summed E-state index contributed by atoms with van der Waals surface area (Å²) in [6.45, 7) is 9.46. The van der Waals surface area contributed by atoms with E-state index in [1.165, 1.54) is 42.5 Å². The molecule has 3 rings (SSSR count). The molecule has 1 aromatic heterocycles. The summed E-state index contributed by atoms with van der Waals surface area (Å²) in [6, 6.07) is 11.1. The van der Waals surface area contributed by atoms with E-state index in [0.29, 0.717) is 6.54 Å². The number of aryl methyl sites for hydroxylation is 1. The van der Waals surface area contributed by atoms with Crippen LogP contribution >= 0.6 is 0 Å². The van der Waals surface area contributed by atoms with Crippen molar-refractivity contribution in [3.05, 3.63) is 70.7 Å². The number of hydrogen-bond donors (Lipinski definition) is 2. The number of unbranched alkanes of at least 4 members (excludes halogenated alkanes) is 2. The normalized spacial score (nSPS) is 14.8. The van der Waals surface area contributed by atoms with E-state index in [2.05, 4.69) is 73.1 Å². The highest BCUT2D eigenvalue weighted by atomic mass is 15.1. The Hall–Kier alpha value is -2.79. The lowest BCUT2D eigenvalue weighted by atomic mass is 10.0. The van der Waals surface area contributed by atoms with Crippen LogP contribution in [0.2, 0.25) is 0 Å². The molecule has 0 saturated heterocycles. The van der Waals surface area contributed by atoms with E-state index in [9.17, 15) is 0 Å². The minimum absolute atomic E-state index is 0.573. The van der Waals surface area contributed by atoms with Gasteiger partial charge in [0.15, 0.2) is 5.70 Å². The van der Waals surface area contributed by atoms with Crippen molar-refractivity contribution in [2.75, 3.05) is 24.5 Å². The molecule has 3 N–H and O–H groups in total. The fraction of sp³-hybridized carbons (Fsp3) is 0.393. The minimum atomic E-state index is 0.573. The van der Waals surface area contributed by atoms with Gasteiger partial charge in [-0.2, -0.15) is 0 Å². The maximum absolute atomic E-state index is 6.11. The lowest BCUT2D eigenvalue weighted by Gasteiger charge is -2.24. The highest BCUT2D eigenvalue weighted by Crippen LogP contribution is 2.28. The quantitative estimate of drug-likeness (QED) is 0.416. The molecular formula is C28H38BN4+. The second-order valence-corrected chi connectivity index (χ2v) is 8.72. The summed E-state index contributed by atoms with van der Waals surface area (Å²) in [4.78, 5) is 6.09. The molecule has 5 heteroatoms. The summed E-state index contributed by atoms with van der Waals surface area (Å²) in [5, 5.41) is 0. The molecule has 1 aromatic carbocycles. The van der Waals surface area contributed by atoms with Gasteiger partial charge in [-0.05, 0) is 68.1 Å². The fourth-order valence-electron chi connectivity index (χ4n) is 4.21. The molecule has 2 radical (unpaired) electrons. The summed E-state index contributed by atoms with van der Waals surface area (Å²) in [6.07, 6.45) is 15.8. The van der Waals surface area contributed by atoms with Crippen LogP contribution in [0.15, 0.2) is 48.2 Å². The molecule has 0 fully saturated rings. The first-order valence-electron chi connectivity index (χ1n) is 12.3. The van der Waals surface area contributed by atoms with Crippen molar-refractivity contribution in [3.8, 4) is 0 Å². The van der Waals surface area contributed by atoms with Crippen LogP contribution in [0, 0.1) is 6.92 Å². The van der Waals surface area contributed by atoms with E-state index >= 15 is 0 Å². The number of aromatic amines is 1.